The SMILES string of the molecule is Cc1ccc(/C(O)=C2/C(=O)C(=O)N(c3ccc(F)cc3)C2c2ccc(Cl)c(Cl)c2)cc1C. The highest BCUT2D eigenvalue weighted by Crippen LogP contribution is 2.43. The molecule has 1 N–H and O–H groups in total. The van der Waals surface area contributed by atoms with Gasteiger partial charge in [0, 0.05) is 11.3 Å². The topological polar surface area (TPSA) is 57.6 Å². The molecule has 1 aliphatic heterocycles. The summed E-state index contributed by atoms with van der Waals surface area (Å²) < 4.78 is 13.5. The lowest BCUT2D eigenvalue weighted by atomic mass is 9.94. The number of halogens is 3. The number of hydrogen-bond donors (Lipinski definition) is 1. The van der Waals surface area contributed by atoms with Crippen molar-refractivity contribution in [3.63, 3.8) is 0 Å². The van der Waals surface area contributed by atoms with Gasteiger partial charge in [-0.1, -0.05) is 41.4 Å². The zero-order chi connectivity index (χ0) is 23.2. The molecule has 1 atom stereocenters. The summed E-state index contributed by atoms with van der Waals surface area (Å²) >= 11 is 12.3. The summed E-state index contributed by atoms with van der Waals surface area (Å²) in [7, 11) is 0. The van der Waals surface area contributed by atoms with E-state index in [4.69, 9.17) is 23.2 Å². The third-order valence-corrected chi connectivity index (χ3v) is 6.33. The van der Waals surface area contributed by atoms with Crippen molar-refractivity contribution in [3.05, 3.63) is 104 Å². The summed E-state index contributed by atoms with van der Waals surface area (Å²) in [6.45, 7) is 3.82. The quantitative estimate of drug-likeness (QED) is 0.275. The van der Waals surface area contributed by atoms with Crippen LogP contribution < -0.4 is 4.90 Å². The van der Waals surface area contributed by atoms with Gasteiger partial charge < -0.3 is 5.11 Å². The molecule has 1 heterocycles. The van der Waals surface area contributed by atoms with Crippen molar-refractivity contribution in [1.29, 1.82) is 0 Å². The molecule has 7 heteroatoms. The number of Topliss-reactive ketones (excluding diaryl/α,β-unsaturated/α-hetero) is 1. The number of amides is 1. The minimum atomic E-state index is -0.975. The lowest BCUT2D eigenvalue weighted by Crippen LogP contribution is -2.29. The molecule has 1 unspecified atom stereocenters. The van der Waals surface area contributed by atoms with E-state index in [0.29, 0.717) is 21.8 Å². The molecule has 3 aromatic rings. The smallest absolute Gasteiger partial charge is 0.300 e. The maximum absolute atomic E-state index is 13.5. The average Bonchev–Trinajstić information content (AvgIpc) is 3.03. The zero-order valence-corrected chi connectivity index (χ0v) is 18.7. The molecule has 1 aliphatic rings. The van der Waals surface area contributed by atoms with Gasteiger partial charge in [0.05, 0.1) is 21.7 Å². The number of aliphatic hydroxyl groups is 1. The number of hydrogen-bond acceptors (Lipinski definition) is 3. The summed E-state index contributed by atoms with van der Waals surface area (Å²) in [6.07, 6.45) is 0. The summed E-state index contributed by atoms with van der Waals surface area (Å²) in [5.74, 6) is -2.46. The number of anilines is 1. The highest BCUT2D eigenvalue weighted by Gasteiger charge is 2.47. The van der Waals surface area contributed by atoms with Crippen molar-refractivity contribution in [2.24, 2.45) is 0 Å². The largest absolute Gasteiger partial charge is 0.507 e. The Bertz CT molecular complexity index is 1280. The lowest BCUT2D eigenvalue weighted by molar-refractivity contribution is -0.132. The van der Waals surface area contributed by atoms with Crippen molar-refractivity contribution in [3.8, 4) is 0 Å². The molecule has 4 rings (SSSR count). The van der Waals surface area contributed by atoms with Crippen LogP contribution in [0.5, 0.6) is 0 Å². The third-order valence-electron chi connectivity index (χ3n) is 5.59. The maximum atomic E-state index is 13.5. The van der Waals surface area contributed by atoms with E-state index in [9.17, 15) is 19.1 Å². The van der Waals surface area contributed by atoms with Gasteiger partial charge in [-0.05, 0) is 73.0 Å². The molecule has 1 saturated heterocycles. The first kappa shape index (κ1) is 22.1. The van der Waals surface area contributed by atoms with Gasteiger partial charge in [0.25, 0.3) is 11.7 Å². The number of ketones is 1. The van der Waals surface area contributed by atoms with Gasteiger partial charge in [0.15, 0.2) is 0 Å². The minimum Gasteiger partial charge on any atom is -0.507 e. The Hall–Kier alpha value is -3.15. The Balaban J connectivity index is 1.97. The first-order valence-electron chi connectivity index (χ1n) is 9.78. The molecule has 4 nitrogen and oxygen atoms in total. The molecule has 1 amide bonds. The Morgan fingerprint density at radius 3 is 2.22 bits per heavy atom. The summed E-state index contributed by atoms with van der Waals surface area (Å²) in [4.78, 5) is 27.4. The van der Waals surface area contributed by atoms with Crippen LogP contribution in [0, 0.1) is 19.7 Å². The minimum absolute atomic E-state index is 0.0824. The van der Waals surface area contributed by atoms with Crippen LogP contribution in [0.15, 0.2) is 66.2 Å². The number of benzene rings is 3. The van der Waals surface area contributed by atoms with Crippen molar-refractivity contribution in [2.45, 2.75) is 19.9 Å². The number of aryl methyl sites for hydroxylation is 2. The normalized spacial score (nSPS) is 17.8. The Kier molecular flexibility index (Phi) is 5.80. The van der Waals surface area contributed by atoms with Gasteiger partial charge >= 0.3 is 0 Å². The molecule has 0 aromatic heterocycles. The van der Waals surface area contributed by atoms with Crippen LogP contribution in [0.2, 0.25) is 10.0 Å². The summed E-state index contributed by atoms with van der Waals surface area (Å²) in [6, 6.07) is 14.2. The van der Waals surface area contributed by atoms with Crippen LogP contribution in [-0.2, 0) is 9.59 Å². The monoisotopic (exact) mass is 469 g/mol. The Labute approximate surface area is 194 Å². The van der Waals surface area contributed by atoms with Gasteiger partial charge in [0.1, 0.15) is 11.6 Å². The van der Waals surface area contributed by atoms with Crippen LogP contribution >= 0.6 is 23.2 Å². The van der Waals surface area contributed by atoms with E-state index in [2.05, 4.69) is 0 Å². The van der Waals surface area contributed by atoms with E-state index in [1.807, 2.05) is 19.9 Å². The first-order valence-corrected chi connectivity index (χ1v) is 10.5. The van der Waals surface area contributed by atoms with E-state index in [0.717, 1.165) is 11.1 Å². The second kappa shape index (κ2) is 8.41. The highest BCUT2D eigenvalue weighted by molar-refractivity contribution is 6.51. The predicted molar refractivity (Wildman–Crippen MR) is 124 cm³/mol. The Morgan fingerprint density at radius 2 is 1.59 bits per heavy atom. The van der Waals surface area contributed by atoms with E-state index >= 15 is 0 Å². The lowest BCUT2D eigenvalue weighted by Gasteiger charge is -2.25. The van der Waals surface area contributed by atoms with Crippen LogP contribution in [0.4, 0.5) is 10.1 Å². The number of aliphatic hydroxyl groups excluding tert-OH is 1. The van der Waals surface area contributed by atoms with E-state index in [1.54, 1.807) is 30.3 Å². The van der Waals surface area contributed by atoms with E-state index < -0.39 is 23.5 Å². The molecule has 1 fully saturated rings. The third kappa shape index (κ3) is 3.78. The molecule has 3 aromatic carbocycles. The van der Waals surface area contributed by atoms with E-state index in [1.165, 1.54) is 29.2 Å². The molecule has 0 spiro atoms. The number of nitrogens with zero attached hydrogens (tertiary/aromatic N) is 1. The van der Waals surface area contributed by atoms with Crippen LogP contribution in [-0.4, -0.2) is 16.8 Å². The van der Waals surface area contributed by atoms with Gasteiger partial charge in [-0.3, -0.25) is 14.5 Å². The zero-order valence-electron chi connectivity index (χ0n) is 17.2. The molecule has 162 valence electrons. The molecular formula is C25H18Cl2FNO3. The highest BCUT2D eigenvalue weighted by atomic mass is 35.5. The number of carbonyl (C=O) groups is 2. The van der Waals surface area contributed by atoms with Crippen molar-refractivity contribution in [2.75, 3.05) is 4.90 Å². The fourth-order valence-electron chi connectivity index (χ4n) is 3.74. The van der Waals surface area contributed by atoms with Gasteiger partial charge in [-0.25, -0.2) is 4.39 Å². The van der Waals surface area contributed by atoms with Crippen LogP contribution in [0.25, 0.3) is 5.76 Å². The fourth-order valence-corrected chi connectivity index (χ4v) is 4.05. The van der Waals surface area contributed by atoms with Gasteiger partial charge in [-0.2, -0.15) is 0 Å². The van der Waals surface area contributed by atoms with Crippen molar-refractivity contribution >= 4 is 46.3 Å². The van der Waals surface area contributed by atoms with Crippen LogP contribution in [0.3, 0.4) is 0 Å². The van der Waals surface area contributed by atoms with Crippen molar-refractivity contribution < 1.29 is 19.1 Å². The second-order valence-corrected chi connectivity index (χ2v) is 8.43. The van der Waals surface area contributed by atoms with E-state index in [-0.39, 0.29) is 16.4 Å². The predicted octanol–water partition coefficient (Wildman–Crippen LogP) is 6.38. The van der Waals surface area contributed by atoms with Gasteiger partial charge in [-0.15, -0.1) is 0 Å². The molecule has 0 bridgehead atoms. The Morgan fingerprint density at radius 1 is 0.906 bits per heavy atom. The maximum Gasteiger partial charge on any atom is 0.300 e. The number of carbonyl (C=O) groups excluding carboxylic acids is 2. The van der Waals surface area contributed by atoms with Crippen LogP contribution in [0.1, 0.15) is 28.3 Å². The molecular weight excluding hydrogens is 452 g/mol. The average molecular weight is 470 g/mol. The first-order chi connectivity index (χ1) is 15.2. The molecule has 32 heavy (non-hydrogen) atoms. The number of rotatable bonds is 3. The van der Waals surface area contributed by atoms with Crippen molar-refractivity contribution in [1.82, 2.24) is 0 Å². The fraction of sp³-hybridized carbons (Fsp3) is 0.120. The van der Waals surface area contributed by atoms with Gasteiger partial charge in [0.2, 0.25) is 0 Å². The molecule has 0 aliphatic carbocycles. The molecule has 0 saturated carbocycles. The summed E-state index contributed by atoms with van der Waals surface area (Å²) in [5, 5.41) is 11.7. The standard InChI is InChI=1S/C25H18Cl2FNO3/c1-13-3-4-16(11-14(13)2)23(30)21-22(15-5-10-19(26)20(27)12-15)29(25(32)24(21)31)18-8-6-17(28)7-9-18/h3-12,22,30H,1-2H3/b23-21-. The second-order valence-electron chi connectivity index (χ2n) is 7.62. The molecule has 0 radical (unpaired) electrons. The summed E-state index contributed by atoms with van der Waals surface area (Å²) in [5.41, 5.74) is 3.07.